The van der Waals surface area contributed by atoms with Crippen molar-refractivity contribution in [1.82, 2.24) is 4.57 Å². The standard InChI is InChI=1S/C17H23NO3/c1-3-4-6-13-11-18(7-5-8-19)16-12(2)9-14(17(20)21)10-15(13)16/h9-11,19H,3-8H2,1-2H3,(H,20,21). The molecule has 2 N–H and O–H groups in total. The van der Waals surface area contributed by atoms with Crippen LogP contribution in [0.15, 0.2) is 18.3 Å². The van der Waals surface area contributed by atoms with Crippen LogP contribution in [-0.2, 0) is 13.0 Å². The molecule has 1 heterocycles. The van der Waals surface area contributed by atoms with E-state index < -0.39 is 5.97 Å². The monoisotopic (exact) mass is 289 g/mol. The van der Waals surface area contributed by atoms with Gasteiger partial charge < -0.3 is 14.8 Å². The van der Waals surface area contributed by atoms with Crippen LogP contribution in [0.3, 0.4) is 0 Å². The molecule has 0 amide bonds. The number of aromatic nitrogens is 1. The quantitative estimate of drug-likeness (QED) is 0.821. The molecule has 114 valence electrons. The first kappa shape index (κ1) is 15.6. The summed E-state index contributed by atoms with van der Waals surface area (Å²) in [5.74, 6) is -0.885. The van der Waals surface area contributed by atoms with E-state index in [4.69, 9.17) is 5.11 Å². The predicted octanol–water partition coefficient (Wildman–Crippen LogP) is 3.37. The van der Waals surface area contributed by atoms with Crippen LogP contribution in [0.5, 0.6) is 0 Å². The molecule has 0 aliphatic heterocycles. The number of rotatable bonds is 7. The molecule has 2 rings (SSSR count). The normalized spacial score (nSPS) is 11.2. The molecule has 0 saturated heterocycles. The van der Waals surface area contributed by atoms with Crippen molar-refractivity contribution in [3.8, 4) is 0 Å². The molecule has 0 bridgehead atoms. The van der Waals surface area contributed by atoms with E-state index in [1.165, 1.54) is 5.56 Å². The van der Waals surface area contributed by atoms with Gasteiger partial charge in [-0.05, 0) is 49.4 Å². The molecule has 0 aliphatic carbocycles. The highest BCUT2D eigenvalue weighted by atomic mass is 16.4. The highest BCUT2D eigenvalue weighted by molar-refractivity contribution is 5.96. The smallest absolute Gasteiger partial charge is 0.335 e. The number of aliphatic hydroxyl groups is 1. The van der Waals surface area contributed by atoms with Crippen molar-refractivity contribution >= 4 is 16.9 Å². The number of carboxylic acid groups (broad SMARTS) is 1. The lowest BCUT2D eigenvalue weighted by Gasteiger charge is -2.07. The molecule has 0 unspecified atom stereocenters. The van der Waals surface area contributed by atoms with Crippen LogP contribution in [0.1, 0.15) is 47.7 Å². The van der Waals surface area contributed by atoms with Crippen molar-refractivity contribution in [2.75, 3.05) is 6.61 Å². The maximum atomic E-state index is 11.3. The number of aryl methyl sites for hydroxylation is 3. The Morgan fingerprint density at radius 1 is 1.29 bits per heavy atom. The fourth-order valence-corrected chi connectivity index (χ4v) is 2.84. The second-order valence-corrected chi connectivity index (χ2v) is 5.52. The van der Waals surface area contributed by atoms with Crippen molar-refractivity contribution in [3.05, 3.63) is 35.0 Å². The Labute approximate surface area is 125 Å². The second kappa shape index (κ2) is 6.76. The van der Waals surface area contributed by atoms with E-state index in [0.717, 1.165) is 42.3 Å². The van der Waals surface area contributed by atoms with Crippen molar-refractivity contribution in [1.29, 1.82) is 0 Å². The molecule has 4 heteroatoms. The van der Waals surface area contributed by atoms with Crippen LogP contribution in [0.2, 0.25) is 0 Å². The lowest BCUT2D eigenvalue weighted by Crippen LogP contribution is -2.01. The number of hydrogen-bond acceptors (Lipinski definition) is 2. The third-order valence-corrected chi connectivity index (χ3v) is 3.85. The zero-order valence-electron chi connectivity index (χ0n) is 12.7. The second-order valence-electron chi connectivity index (χ2n) is 5.52. The molecule has 1 aromatic heterocycles. The number of nitrogens with zero attached hydrogens (tertiary/aromatic N) is 1. The van der Waals surface area contributed by atoms with Gasteiger partial charge in [-0.2, -0.15) is 0 Å². The number of aromatic carboxylic acids is 1. The molecule has 21 heavy (non-hydrogen) atoms. The minimum Gasteiger partial charge on any atom is -0.478 e. The average Bonchev–Trinajstić information content (AvgIpc) is 2.81. The average molecular weight is 289 g/mol. The van der Waals surface area contributed by atoms with E-state index >= 15 is 0 Å². The number of benzene rings is 1. The fraction of sp³-hybridized carbons (Fsp3) is 0.471. The van der Waals surface area contributed by atoms with Crippen LogP contribution in [0, 0.1) is 6.92 Å². The summed E-state index contributed by atoms with van der Waals surface area (Å²) in [5.41, 5.74) is 3.62. The highest BCUT2D eigenvalue weighted by Gasteiger charge is 2.14. The Kier molecular flexibility index (Phi) is 5.02. The molecule has 0 saturated carbocycles. The Morgan fingerprint density at radius 2 is 2.05 bits per heavy atom. The van der Waals surface area contributed by atoms with Gasteiger partial charge in [-0.1, -0.05) is 13.3 Å². The molecule has 4 nitrogen and oxygen atoms in total. The lowest BCUT2D eigenvalue weighted by atomic mass is 10.0. The third kappa shape index (κ3) is 3.27. The Balaban J connectivity index is 2.56. The summed E-state index contributed by atoms with van der Waals surface area (Å²) in [4.78, 5) is 11.3. The van der Waals surface area contributed by atoms with Crippen LogP contribution in [0.25, 0.3) is 10.9 Å². The van der Waals surface area contributed by atoms with Gasteiger partial charge in [0.1, 0.15) is 0 Å². The largest absolute Gasteiger partial charge is 0.478 e. The summed E-state index contributed by atoms with van der Waals surface area (Å²) in [6.07, 6.45) is 5.99. The minimum absolute atomic E-state index is 0.163. The van der Waals surface area contributed by atoms with E-state index in [1.54, 1.807) is 12.1 Å². The molecular weight excluding hydrogens is 266 g/mol. The summed E-state index contributed by atoms with van der Waals surface area (Å²) in [7, 11) is 0. The van der Waals surface area contributed by atoms with Crippen LogP contribution in [-0.4, -0.2) is 27.4 Å². The summed E-state index contributed by atoms with van der Waals surface area (Å²) in [6, 6.07) is 3.51. The van der Waals surface area contributed by atoms with Gasteiger partial charge in [-0.3, -0.25) is 0 Å². The van der Waals surface area contributed by atoms with Gasteiger partial charge in [-0.15, -0.1) is 0 Å². The van der Waals surface area contributed by atoms with Gasteiger partial charge in [-0.25, -0.2) is 4.79 Å². The molecule has 0 spiro atoms. The number of aliphatic hydroxyl groups excluding tert-OH is 1. The van der Waals surface area contributed by atoms with Crippen LogP contribution < -0.4 is 0 Å². The fourth-order valence-electron chi connectivity index (χ4n) is 2.84. The minimum atomic E-state index is -0.885. The van der Waals surface area contributed by atoms with Gasteiger partial charge in [0.05, 0.1) is 11.1 Å². The van der Waals surface area contributed by atoms with Crippen molar-refractivity contribution in [2.45, 2.75) is 46.1 Å². The molecule has 0 fully saturated rings. The topological polar surface area (TPSA) is 62.5 Å². The van der Waals surface area contributed by atoms with Crippen LogP contribution >= 0.6 is 0 Å². The first-order valence-electron chi connectivity index (χ1n) is 7.55. The molecule has 2 aromatic rings. The van der Waals surface area contributed by atoms with Gasteiger partial charge >= 0.3 is 5.97 Å². The van der Waals surface area contributed by atoms with Crippen molar-refractivity contribution < 1.29 is 15.0 Å². The summed E-state index contributed by atoms with van der Waals surface area (Å²) < 4.78 is 2.15. The summed E-state index contributed by atoms with van der Waals surface area (Å²) >= 11 is 0. The Hall–Kier alpha value is -1.81. The molecule has 0 atom stereocenters. The van der Waals surface area contributed by atoms with E-state index in [9.17, 15) is 9.90 Å². The van der Waals surface area contributed by atoms with E-state index in [1.807, 2.05) is 6.92 Å². The Morgan fingerprint density at radius 3 is 2.67 bits per heavy atom. The number of fused-ring (bicyclic) bond motifs is 1. The molecule has 0 radical (unpaired) electrons. The van der Waals surface area contributed by atoms with Gasteiger partial charge in [0.15, 0.2) is 0 Å². The number of carbonyl (C=O) groups is 1. The SMILES string of the molecule is CCCCc1cn(CCCO)c2c(C)cc(C(=O)O)cc12. The summed E-state index contributed by atoms with van der Waals surface area (Å²) in [6.45, 7) is 5.02. The summed E-state index contributed by atoms with van der Waals surface area (Å²) in [5, 5.41) is 19.3. The number of unbranched alkanes of at least 4 members (excludes halogenated alkanes) is 1. The maximum Gasteiger partial charge on any atom is 0.335 e. The predicted molar refractivity (Wildman–Crippen MR) is 83.9 cm³/mol. The van der Waals surface area contributed by atoms with Gasteiger partial charge in [0.2, 0.25) is 0 Å². The van der Waals surface area contributed by atoms with Crippen LogP contribution in [0.4, 0.5) is 0 Å². The van der Waals surface area contributed by atoms with E-state index in [2.05, 4.69) is 17.7 Å². The number of carboxylic acids is 1. The van der Waals surface area contributed by atoms with E-state index in [-0.39, 0.29) is 6.61 Å². The van der Waals surface area contributed by atoms with Gasteiger partial charge in [0, 0.05) is 24.7 Å². The number of hydrogen-bond donors (Lipinski definition) is 2. The molecule has 0 aliphatic rings. The zero-order chi connectivity index (χ0) is 15.4. The molecular formula is C17H23NO3. The molecule has 1 aromatic carbocycles. The van der Waals surface area contributed by atoms with Gasteiger partial charge in [0.25, 0.3) is 0 Å². The highest BCUT2D eigenvalue weighted by Crippen LogP contribution is 2.28. The maximum absolute atomic E-state index is 11.3. The first-order chi connectivity index (χ1) is 10.1. The Bertz CT molecular complexity index is 643. The third-order valence-electron chi connectivity index (χ3n) is 3.85. The zero-order valence-corrected chi connectivity index (χ0v) is 12.7. The lowest BCUT2D eigenvalue weighted by molar-refractivity contribution is 0.0697. The van der Waals surface area contributed by atoms with Crippen molar-refractivity contribution in [2.24, 2.45) is 0 Å². The first-order valence-corrected chi connectivity index (χ1v) is 7.55. The van der Waals surface area contributed by atoms with Crippen molar-refractivity contribution in [3.63, 3.8) is 0 Å². The van der Waals surface area contributed by atoms with E-state index in [0.29, 0.717) is 12.0 Å².